The van der Waals surface area contributed by atoms with E-state index in [2.05, 4.69) is 26.0 Å². The molecule has 0 spiro atoms. The van der Waals surface area contributed by atoms with Crippen LogP contribution in [0.3, 0.4) is 0 Å². The van der Waals surface area contributed by atoms with Gasteiger partial charge in [0.05, 0.1) is 0 Å². The monoisotopic (exact) mass is 196 g/mol. The van der Waals surface area contributed by atoms with Gasteiger partial charge in [-0.25, -0.2) is 0 Å². The van der Waals surface area contributed by atoms with Crippen LogP contribution in [0.2, 0.25) is 0 Å². The van der Waals surface area contributed by atoms with E-state index in [1.165, 1.54) is 64.2 Å². The molecule has 0 heterocycles. The molecule has 0 aromatic rings. The summed E-state index contributed by atoms with van der Waals surface area (Å²) in [6.45, 7) is 4.51. The Labute approximate surface area is 90.8 Å². The van der Waals surface area contributed by atoms with Crippen LogP contribution in [0.25, 0.3) is 0 Å². The maximum atomic E-state index is 2.27. The van der Waals surface area contributed by atoms with Crippen molar-refractivity contribution in [3.05, 3.63) is 12.2 Å². The van der Waals surface area contributed by atoms with Crippen molar-refractivity contribution in [2.24, 2.45) is 0 Å². The molecule has 0 aliphatic heterocycles. The molecule has 0 aromatic carbocycles. The third kappa shape index (κ3) is 11.7. The summed E-state index contributed by atoms with van der Waals surface area (Å²) in [7, 11) is 0. The first kappa shape index (κ1) is 13.7. The van der Waals surface area contributed by atoms with Gasteiger partial charge in [0.1, 0.15) is 0 Å². The van der Waals surface area contributed by atoms with Crippen LogP contribution in [-0.2, 0) is 0 Å². The Morgan fingerprint density at radius 1 is 0.714 bits per heavy atom. The maximum Gasteiger partial charge on any atom is -0.0351 e. The molecule has 0 fully saturated rings. The van der Waals surface area contributed by atoms with E-state index in [-0.39, 0.29) is 0 Å². The molecule has 0 heteroatoms. The standard InChI is InChI=1S/C8H18.C6H10/c1-3-5-7-8-6-4-2;1-2-4-6-5-3-1/h3-8H2,1-2H3;1-2H,3-6H2. The minimum absolute atomic E-state index is 1.32. The lowest BCUT2D eigenvalue weighted by Crippen LogP contribution is -1.77. The molecule has 1 aliphatic rings. The van der Waals surface area contributed by atoms with Gasteiger partial charge in [0.25, 0.3) is 0 Å². The first-order valence-corrected chi connectivity index (χ1v) is 6.56. The molecule has 0 amide bonds. The average Bonchev–Trinajstić information content (AvgIpc) is 2.28. The normalized spacial score (nSPS) is 14.7. The SMILES string of the molecule is C1=CCCCC1.CCCCCCCC. The second-order valence-corrected chi connectivity index (χ2v) is 4.17. The lowest BCUT2D eigenvalue weighted by Gasteiger charge is -1.97. The van der Waals surface area contributed by atoms with E-state index in [4.69, 9.17) is 0 Å². The van der Waals surface area contributed by atoms with E-state index in [0.717, 1.165) is 0 Å². The summed E-state index contributed by atoms with van der Waals surface area (Å²) in [4.78, 5) is 0. The van der Waals surface area contributed by atoms with Crippen LogP contribution in [0.15, 0.2) is 12.2 Å². The Morgan fingerprint density at radius 2 is 1.14 bits per heavy atom. The van der Waals surface area contributed by atoms with Crippen LogP contribution in [0.5, 0.6) is 0 Å². The van der Waals surface area contributed by atoms with Crippen LogP contribution in [0, 0.1) is 0 Å². The summed E-state index contributed by atoms with van der Waals surface area (Å²) in [5.41, 5.74) is 0. The largest absolute Gasteiger partial charge is 0.0885 e. The Bertz CT molecular complexity index is 99.2. The van der Waals surface area contributed by atoms with Gasteiger partial charge in [-0.1, -0.05) is 64.5 Å². The molecule has 0 radical (unpaired) electrons. The molecule has 0 bridgehead atoms. The molecule has 0 atom stereocenters. The summed E-state index contributed by atoms with van der Waals surface area (Å²) >= 11 is 0. The van der Waals surface area contributed by atoms with E-state index < -0.39 is 0 Å². The zero-order valence-electron chi connectivity index (χ0n) is 10.2. The third-order valence-electron chi connectivity index (χ3n) is 2.62. The molecule has 0 nitrogen and oxygen atoms in total. The molecule has 0 saturated heterocycles. The highest BCUT2D eigenvalue weighted by atomic mass is 13.9. The van der Waals surface area contributed by atoms with Crippen molar-refractivity contribution in [1.82, 2.24) is 0 Å². The lowest BCUT2D eigenvalue weighted by atomic mass is 10.1. The molecule has 0 unspecified atom stereocenters. The highest BCUT2D eigenvalue weighted by Crippen LogP contribution is 2.07. The predicted molar refractivity (Wildman–Crippen MR) is 66.7 cm³/mol. The summed E-state index contributed by atoms with van der Waals surface area (Å²) in [6, 6.07) is 0. The molecule has 0 saturated carbocycles. The van der Waals surface area contributed by atoms with Gasteiger partial charge >= 0.3 is 0 Å². The molecule has 1 aliphatic carbocycles. The van der Waals surface area contributed by atoms with Gasteiger partial charge in [-0.15, -0.1) is 0 Å². The van der Waals surface area contributed by atoms with Crippen LogP contribution < -0.4 is 0 Å². The van der Waals surface area contributed by atoms with Crippen molar-refractivity contribution in [2.75, 3.05) is 0 Å². The predicted octanol–water partition coefficient (Wildman–Crippen LogP) is 5.48. The fourth-order valence-corrected chi connectivity index (χ4v) is 1.61. The van der Waals surface area contributed by atoms with Crippen LogP contribution >= 0.6 is 0 Å². The van der Waals surface area contributed by atoms with E-state index in [9.17, 15) is 0 Å². The van der Waals surface area contributed by atoms with Gasteiger partial charge in [-0.3, -0.25) is 0 Å². The maximum absolute atomic E-state index is 2.27. The van der Waals surface area contributed by atoms with Gasteiger partial charge < -0.3 is 0 Å². The molecular formula is C14H28. The fourth-order valence-electron chi connectivity index (χ4n) is 1.61. The van der Waals surface area contributed by atoms with Crippen LogP contribution in [0.4, 0.5) is 0 Å². The molecular weight excluding hydrogens is 168 g/mol. The van der Waals surface area contributed by atoms with Gasteiger partial charge in [-0.05, 0) is 25.7 Å². The quantitative estimate of drug-likeness (QED) is 0.403. The second kappa shape index (κ2) is 12.7. The Morgan fingerprint density at radius 3 is 1.36 bits per heavy atom. The molecule has 84 valence electrons. The van der Waals surface area contributed by atoms with Crippen molar-refractivity contribution in [2.45, 2.75) is 78.1 Å². The number of hydrogen-bond acceptors (Lipinski definition) is 0. The van der Waals surface area contributed by atoms with E-state index in [1.807, 2.05) is 0 Å². The van der Waals surface area contributed by atoms with E-state index in [1.54, 1.807) is 0 Å². The Balaban J connectivity index is 0.000000249. The van der Waals surface area contributed by atoms with Crippen molar-refractivity contribution in [3.8, 4) is 0 Å². The zero-order valence-corrected chi connectivity index (χ0v) is 10.2. The molecule has 1 rings (SSSR count). The first-order valence-electron chi connectivity index (χ1n) is 6.56. The Hall–Kier alpha value is -0.260. The third-order valence-corrected chi connectivity index (χ3v) is 2.62. The van der Waals surface area contributed by atoms with Crippen molar-refractivity contribution in [1.29, 1.82) is 0 Å². The van der Waals surface area contributed by atoms with Crippen molar-refractivity contribution in [3.63, 3.8) is 0 Å². The van der Waals surface area contributed by atoms with Gasteiger partial charge in [0.15, 0.2) is 0 Å². The minimum Gasteiger partial charge on any atom is -0.0885 e. The molecule has 14 heavy (non-hydrogen) atoms. The summed E-state index contributed by atoms with van der Waals surface area (Å²) in [6.07, 6.45) is 18.5. The summed E-state index contributed by atoms with van der Waals surface area (Å²) in [5.74, 6) is 0. The lowest BCUT2D eigenvalue weighted by molar-refractivity contribution is 0.624. The highest BCUT2D eigenvalue weighted by molar-refractivity contribution is 4.85. The first-order chi connectivity index (χ1) is 6.91. The van der Waals surface area contributed by atoms with Crippen molar-refractivity contribution < 1.29 is 0 Å². The topological polar surface area (TPSA) is 0 Å². The Kier molecular flexibility index (Phi) is 12.5. The summed E-state index contributed by atoms with van der Waals surface area (Å²) in [5, 5.41) is 0. The number of allylic oxidation sites excluding steroid dienone is 2. The molecule has 0 N–H and O–H groups in total. The molecule has 0 aromatic heterocycles. The number of rotatable bonds is 5. The van der Waals surface area contributed by atoms with Gasteiger partial charge in [0.2, 0.25) is 0 Å². The van der Waals surface area contributed by atoms with Crippen LogP contribution in [0.1, 0.15) is 78.1 Å². The highest BCUT2D eigenvalue weighted by Gasteiger charge is 1.87. The smallest absolute Gasteiger partial charge is 0.0351 e. The van der Waals surface area contributed by atoms with Crippen molar-refractivity contribution >= 4 is 0 Å². The van der Waals surface area contributed by atoms with Crippen LogP contribution in [-0.4, -0.2) is 0 Å². The van der Waals surface area contributed by atoms with E-state index in [0.29, 0.717) is 0 Å². The van der Waals surface area contributed by atoms with E-state index >= 15 is 0 Å². The number of hydrogen-bond donors (Lipinski definition) is 0. The van der Waals surface area contributed by atoms with Gasteiger partial charge in [-0.2, -0.15) is 0 Å². The average molecular weight is 196 g/mol. The fraction of sp³-hybridized carbons (Fsp3) is 0.857. The zero-order chi connectivity index (χ0) is 10.5. The number of unbranched alkanes of at least 4 members (excludes halogenated alkanes) is 5. The minimum atomic E-state index is 1.32. The summed E-state index contributed by atoms with van der Waals surface area (Å²) < 4.78 is 0. The second-order valence-electron chi connectivity index (χ2n) is 4.17. The van der Waals surface area contributed by atoms with Gasteiger partial charge in [0, 0.05) is 0 Å².